The van der Waals surface area contributed by atoms with Gasteiger partial charge < -0.3 is 15.2 Å². The van der Waals surface area contributed by atoms with Crippen LogP contribution in [-0.2, 0) is 15.9 Å². The molecule has 1 saturated carbocycles. The second-order valence-corrected chi connectivity index (χ2v) is 6.01. The first-order valence-corrected chi connectivity index (χ1v) is 7.95. The minimum atomic E-state index is -0.229. The molecule has 0 spiro atoms. The highest BCUT2D eigenvalue weighted by atomic mass is 16.6. The van der Waals surface area contributed by atoms with Gasteiger partial charge in [0.15, 0.2) is 0 Å². The molecule has 21 heavy (non-hydrogen) atoms. The molecule has 0 aromatic heterocycles. The van der Waals surface area contributed by atoms with Crippen LogP contribution in [0.1, 0.15) is 54.4 Å². The summed E-state index contributed by atoms with van der Waals surface area (Å²) in [4.78, 5) is 12.5. The number of esters is 1. The lowest BCUT2D eigenvalue weighted by Gasteiger charge is -2.27. The third-order valence-electron chi connectivity index (χ3n) is 4.42. The fourth-order valence-corrected chi connectivity index (χ4v) is 3.28. The number of aryl methyl sites for hydroxylation is 1. The molecule has 1 aliphatic heterocycles. The molecule has 2 atom stereocenters. The predicted octanol–water partition coefficient (Wildman–Crippen LogP) is 3.09. The van der Waals surface area contributed by atoms with Crippen LogP contribution in [-0.4, -0.2) is 24.8 Å². The number of hydrogen-bond acceptors (Lipinski definition) is 4. The van der Waals surface area contributed by atoms with E-state index >= 15 is 0 Å². The first-order chi connectivity index (χ1) is 10.2. The van der Waals surface area contributed by atoms with Crippen LogP contribution in [0.3, 0.4) is 0 Å². The molecule has 4 heteroatoms. The fraction of sp³-hybridized carbons (Fsp3) is 0.588. The minimum absolute atomic E-state index is 0.0618. The molecule has 1 aromatic rings. The summed E-state index contributed by atoms with van der Waals surface area (Å²) in [5.74, 6) is -0.229. The quantitative estimate of drug-likeness (QED) is 0.589. The summed E-state index contributed by atoms with van der Waals surface area (Å²) >= 11 is 0. The van der Waals surface area contributed by atoms with Crippen molar-refractivity contribution in [1.82, 2.24) is 0 Å². The molecule has 3 rings (SSSR count). The van der Waals surface area contributed by atoms with E-state index in [2.05, 4.69) is 0 Å². The molecule has 2 N–H and O–H groups in total. The second kappa shape index (κ2) is 6.48. The summed E-state index contributed by atoms with van der Waals surface area (Å²) in [6, 6.07) is 5.44. The average molecular weight is 289 g/mol. The van der Waals surface area contributed by atoms with Gasteiger partial charge in [-0.15, -0.1) is 0 Å². The summed E-state index contributed by atoms with van der Waals surface area (Å²) in [6.45, 7) is 0.715. The van der Waals surface area contributed by atoms with Crippen LogP contribution in [0.5, 0.6) is 0 Å². The molecule has 1 aliphatic carbocycles. The van der Waals surface area contributed by atoms with E-state index in [1.54, 1.807) is 12.1 Å². The van der Waals surface area contributed by atoms with E-state index in [1.807, 2.05) is 6.07 Å². The molecule has 1 heterocycles. The van der Waals surface area contributed by atoms with E-state index in [4.69, 9.17) is 15.2 Å². The van der Waals surface area contributed by atoms with E-state index in [0.29, 0.717) is 17.9 Å². The van der Waals surface area contributed by atoms with Gasteiger partial charge in [-0.2, -0.15) is 0 Å². The maximum atomic E-state index is 12.5. The van der Waals surface area contributed by atoms with Gasteiger partial charge >= 0.3 is 5.97 Å². The number of ether oxygens (including phenoxy) is 2. The Labute approximate surface area is 125 Å². The SMILES string of the molecule is Nc1ccc2c(c1)CCCOC1CCCCCC1OC2=O. The first-order valence-electron chi connectivity index (χ1n) is 7.95. The number of fused-ring (bicyclic) bond motifs is 2. The second-order valence-electron chi connectivity index (χ2n) is 6.01. The summed E-state index contributed by atoms with van der Waals surface area (Å²) in [6.07, 6.45) is 7.02. The molecule has 0 radical (unpaired) electrons. The molecule has 0 bridgehead atoms. The molecule has 1 fully saturated rings. The highest BCUT2D eigenvalue weighted by Gasteiger charge is 2.29. The van der Waals surface area contributed by atoms with Gasteiger partial charge in [-0.1, -0.05) is 12.8 Å². The standard InChI is InChI=1S/C17H23NO3/c18-13-8-9-14-12(11-13)5-4-10-20-15-6-2-1-3-7-16(15)21-17(14)19/h8-9,11,15-16H,1-7,10,18H2. The summed E-state index contributed by atoms with van der Waals surface area (Å²) in [5, 5.41) is 0. The lowest BCUT2D eigenvalue weighted by atomic mass is 10.0. The molecule has 2 unspecified atom stereocenters. The largest absolute Gasteiger partial charge is 0.456 e. The summed E-state index contributed by atoms with van der Waals surface area (Å²) in [5.41, 5.74) is 8.15. The van der Waals surface area contributed by atoms with Crippen LogP contribution in [0, 0.1) is 0 Å². The first kappa shape index (κ1) is 14.4. The average Bonchev–Trinajstić information content (AvgIpc) is 2.69. The normalized spacial score (nSPS) is 27.0. The minimum Gasteiger partial charge on any atom is -0.456 e. The van der Waals surface area contributed by atoms with Gasteiger partial charge in [-0.3, -0.25) is 0 Å². The molecular formula is C17H23NO3. The highest BCUT2D eigenvalue weighted by molar-refractivity contribution is 5.91. The predicted molar refractivity (Wildman–Crippen MR) is 81.2 cm³/mol. The molecule has 1 aromatic carbocycles. The van der Waals surface area contributed by atoms with Crippen LogP contribution in [0.25, 0.3) is 0 Å². The van der Waals surface area contributed by atoms with Crippen LogP contribution in [0.15, 0.2) is 18.2 Å². The van der Waals surface area contributed by atoms with Gasteiger partial charge in [0.1, 0.15) is 6.10 Å². The zero-order valence-electron chi connectivity index (χ0n) is 12.3. The van der Waals surface area contributed by atoms with E-state index in [0.717, 1.165) is 44.1 Å². The zero-order chi connectivity index (χ0) is 14.7. The molecule has 114 valence electrons. The van der Waals surface area contributed by atoms with Crippen LogP contribution in [0.4, 0.5) is 5.69 Å². The monoisotopic (exact) mass is 289 g/mol. The number of anilines is 1. The van der Waals surface area contributed by atoms with Gasteiger partial charge in [0, 0.05) is 12.3 Å². The molecule has 2 aliphatic rings. The third-order valence-corrected chi connectivity index (χ3v) is 4.42. The Bertz CT molecular complexity index is 515. The van der Waals surface area contributed by atoms with E-state index in [-0.39, 0.29) is 18.2 Å². The Hall–Kier alpha value is -1.55. The number of nitrogen functional groups attached to an aromatic ring is 1. The van der Waals surface area contributed by atoms with Crippen molar-refractivity contribution < 1.29 is 14.3 Å². The summed E-state index contributed by atoms with van der Waals surface area (Å²) < 4.78 is 11.8. The van der Waals surface area contributed by atoms with Gasteiger partial charge in [0.2, 0.25) is 0 Å². The zero-order valence-corrected chi connectivity index (χ0v) is 12.3. The van der Waals surface area contributed by atoms with Crippen molar-refractivity contribution >= 4 is 11.7 Å². The van der Waals surface area contributed by atoms with Crippen molar-refractivity contribution in [2.75, 3.05) is 12.3 Å². The molecular weight excluding hydrogens is 266 g/mol. The fourth-order valence-electron chi connectivity index (χ4n) is 3.28. The van der Waals surface area contributed by atoms with Crippen molar-refractivity contribution in [2.45, 2.75) is 57.2 Å². The maximum absolute atomic E-state index is 12.5. The Morgan fingerprint density at radius 1 is 1.05 bits per heavy atom. The van der Waals surface area contributed by atoms with Crippen LogP contribution in [0.2, 0.25) is 0 Å². The van der Waals surface area contributed by atoms with E-state index in [1.165, 1.54) is 6.42 Å². The number of nitrogens with two attached hydrogens (primary N) is 1. The van der Waals surface area contributed by atoms with Gasteiger partial charge in [-0.05, 0) is 55.9 Å². The maximum Gasteiger partial charge on any atom is 0.338 e. The number of rotatable bonds is 0. The smallest absolute Gasteiger partial charge is 0.338 e. The number of hydrogen-bond donors (Lipinski definition) is 1. The third kappa shape index (κ3) is 3.38. The van der Waals surface area contributed by atoms with Crippen LogP contribution < -0.4 is 5.73 Å². The Morgan fingerprint density at radius 3 is 2.71 bits per heavy atom. The topological polar surface area (TPSA) is 61.6 Å². The van der Waals surface area contributed by atoms with Gasteiger partial charge in [-0.25, -0.2) is 4.79 Å². The van der Waals surface area contributed by atoms with Crippen molar-refractivity contribution in [3.8, 4) is 0 Å². The van der Waals surface area contributed by atoms with Gasteiger partial charge in [0.25, 0.3) is 0 Å². The molecule has 0 amide bonds. The number of carbonyl (C=O) groups excluding carboxylic acids is 1. The molecule has 0 saturated heterocycles. The number of carbonyl (C=O) groups is 1. The van der Waals surface area contributed by atoms with Crippen LogP contribution >= 0.6 is 0 Å². The van der Waals surface area contributed by atoms with Crippen molar-refractivity contribution in [1.29, 1.82) is 0 Å². The van der Waals surface area contributed by atoms with Crippen molar-refractivity contribution in [2.24, 2.45) is 0 Å². The number of benzene rings is 1. The van der Waals surface area contributed by atoms with Crippen molar-refractivity contribution in [3.63, 3.8) is 0 Å². The Kier molecular flexibility index (Phi) is 4.44. The lowest BCUT2D eigenvalue weighted by molar-refractivity contribution is -0.0570. The molecule has 4 nitrogen and oxygen atoms in total. The Balaban J connectivity index is 1.86. The Morgan fingerprint density at radius 2 is 1.86 bits per heavy atom. The lowest BCUT2D eigenvalue weighted by Crippen LogP contribution is -2.34. The van der Waals surface area contributed by atoms with E-state index in [9.17, 15) is 4.79 Å². The summed E-state index contributed by atoms with van der Waals surface area (Å²) in [7, 11) is 0. The van der Waals surface area contributed by atoms with Crippen molar-refractivity contribution in [3.05, 3.63) is 29.3 Å². The highest BCUT2D eigenvalue weighted by Crippen LogP contribution is 2.26. The van der Waals surface area contributed by atoms with Gasteiger partial charge in [0.05, 0.1) is 11.7 Å². The van der Waals surface area contributed by atoms with E-state index < -0.39 is 0 Å².